The van der Waals surface area contributed by atoms with Crippen LogP contribution in [0.2, 0.25) is 0 Å². The number of amides is 2. The molecule has 31 heavy (non-hydrogen) atoms. The molecule has 0 atom stereocenters. The van der Waals surface area contributed by atoms with Gasteiger partial charge in [0.05, 0.1) is 11.6 Å². The molecule has 2 amide bonds. The van der Waals surface area contributed by atoms with Crippen LogP contribution in [0.1, 0.15) is 39.9 Å². The molecule has 0 spiro atoms. The zero-order valence-corrected chi connectivity index (χ0v) is 17.2. The van der Waals surface area contributed by atoms with Gasteiger partial charge < -0.3 is 10.2 Å². The summed E-state index contributed by atoms with van der Waals surface area (Å²) in [5, 5.41) is 12.4. The van der Waals surface area contributed by atoms with Gasteiger partial charge in [0.1, 0.15) is 0 Å². The summed E-state index contributed by atoms with van der Waals surface area (Å²) < 4.78 is 0. The molecule has 1 heterocycles. The molecule has 3 aromatic carbocycles. The first-order chi connectivity index (χ1) is 15.2. The Labute approximate surface area is 181 Å². The lowest BCUT2D eigenvalue weighted by atomic mass is 9.95. The molecule has 0 saturated carbocycles. The summed E-state index contributed by atoms with van der Waals surface area (Å²) >= 11 is 0. The van der Waals surface area contributed by atoms with Crippen molar-refractivity contribution in [2.75, 3.05) is 6.54 Å². The smallest absolute Gasteiger partial charge is 0.252 e. The van der Waals surface area contributed by atoms with E-state index in [1.54, 1.807) is 12.1 Å². The fourth-order valence-electron chi connectivity index (χ4n) is 3.94. The van der Waals surface area contributed by atoms with Crippen LogP contribution in [0.25, 0.3) is 11.1 Å². The van der Waals surface area contributed by atoms with Crippen molar-refractivity contribution in [2.24, 2.45) is 0 Å². The molecule has 0 radical (unpaired) electrons. The molecule has 1 aliphatic rings. The Morgan fingerprint density at radius 1 is 0.968 bits per heavy atom. The van der Waals surface area contributed by atoms with Crippen LogP contribution < -0.4 is 5.32 Å². The van der Waals surface area contributed by atoms with Crippen molar-refractivity contribution >= 4 is 11.8 Å². The standard InChI is InChI=1S/C26H23N3O2/c27-16-21-9-1-2-10-22(21)23-11-3-4-12-24(23)26(31)28-17-19-7-5-8-20(15-19)18-29-14-6-13-25(29)30/h1-5,7-12,15H,6,13-14,17-18H2,(H,28,31). The van der Waals surface area contributed by atoms with Gasteiger partial charge in [0, 0.05) is 37.2 Å². The Balaban J connectivity index is 1.48. The lowest BCUT2D eigenvalue weighted by Crippen LogP contribution is -2.25. The van der Waals surface area contributed by atoms with Gasteiger partial charge in [-0.05, 0) is 35.2 Å². The summed E-state index contributed by atoms with van der Waals surface area (Å²) in [5.41, 5.74) is 4.58. The highest BCUT2D eigenvalue weighted by molar-refractivity contribution is 6.01. The maximum atomic E-state index is 13.0. The normalized spacial score (nSPS) is 13.1. The van der Waals surface area contributed by atoms with Crippen LogP contribution in [0.15, 0.2) is 72.8 Å². The number of nitriles is 1. The van der Waals surface area contributed by atoms with Crippen LogP contribution in [0, 0.1) is 11.3 Å². The summed E-state index contributed by atoms with van der Waals surface area (Å²) in [7, 11) is 0. The van der Waals surface area contributed by atoms with Crippen LogP contribution in [-0.4, -0.2) is 23.3 Å². The van der Waals surface area contributed by atoms with Gasteiger partial charge in [-0.25, -0.2) is 0 Å². The Morgan fingerprint density at radius 2 is 1.71 bits per heavy atom. The molecule has 5 nitrogen and oxygen atoms in total. The first-order valence-electron chi connectivity index (χ1n) is 10.4. The van der Waals surface area contributed by atoms with Gasteiger partial charge in [0.2, 0.25) is 5.91 Å². The van der Waals surface area contributed by atoms with E-state index < -0.39 is 0 Å². The molecule has 1 fully saturated rings. The predicted molar refractivity (Wildman–Crippen MR) is 119 cm³/mol. The quantitative estimate of drug-likeness (QED) is 0.660. The molecule has 1 N–H and O–H groups in total. The largest absolute Gasteiger partial charge is 0.348 e. The van der Waals surface area contributed by atoms with E-state index in [0.717, 1.165) is 35.2 Å². The van der Waals surface area contributed by atoms with Gasteiger partial charge >= 0.3 is 0 Å². The van der Waals surface area contributed by atoms with Crippen molar-refractivity contribution in [3.05, 3.63) is 95.1 Å². The molecular formula is C26H23N3O2. The van der Waals surface area contributed by atoms with Crippen LogP contribution in [0.5, 0.6) is 0 Å². The highest BCUT2D eigenvalue weighted by Crippen LogP contribution is 2.27. The number of nitrogens with zero attached hydrogens (tertiary/aromatic N) is 2. The second kappa shape index (κ2) is 9.27. The first-order valence-corrected chi connectivity index (χ1v) is 10.4. The van der Waals surface area contributed by atoms with Crippen molar-refractivity contribution in [1.82, 2.24) is 10.2 Å². The third-order valence-electron chi connectivity index (χ3n) is 5.50. The lowest BCUT2D eigenvalue weighted by Gasteiger charge is -2.16. The molecule has 0 aromatic heterocycles. The zero-order valence-electron chi connectivity index (χ0n) is 17.2. The molecule has 0 aliphatic carbocycles. The van der Waals surface area contributed by atoms with E-state index in [2.05, 4.69) is 11.4 Å². The molecule has 4 rings (SSSR count). The third kappa shape index (κ3) is 4.65. The van der Waals surface area contributed by atoms with Gasteiger partial charge in [-0.15, -0.1) is 0 Å². The number of likely N-dealkylation sites (tertiary alicyclic amines) is 1. The Morgan fingerprint density at radius 3 is 2.48 bits per heavy atom. The summed E-state index contributed by atoms with van der Waals surface area (Å²) in [5.74, 6) is 0.0106. The number of carbonyl (C=O) groups excluding carboxylic acids is 2. The molecule has 1 aliphatic heterocycles. The molecule has 154 valence electrons. The molecule has 3 aromatic rings. The number of hydrogen-bond donors (Lipinski definition) is 1. The minimum absolute atomic E-state index is 0.191. The van der Waals surface area contributed by atoms with Crippen molar-refractivity contribution in [3.8, 4) is 17.2 Å². The number of nitrogens with one attached hydrogen (secondary N) is 1. The average molecular weight is 409 g/mol. The molecule has 0 unspecified atom stereocenters. The zero-order chi connectivity index (χ0) is 21.6. The van der Waals surface area contributed by atoms with Crippen LogP contribution >= 0.6 is 0 Å². The summed E-state index contributed by atoms with van der Waals surface area (Å²) in [6, 6.07) is 24.7. The van der Waals surface area contributed by atoms with Gasteiger partial charge in [-0.2, -0.15) is 5.26 Å². The molecule has 0 bridgehead atoms. The van der Waals surface area contributed by atoms with Crippen molar-refractivity contribution in [3.63, 3.8) is 0 Å². The highest BCUT2D eigenvalue weighted by atomic mass is 16.2. The van der Waals surface area contributed by atoms with Gasteiger partial charge in [0.25, 0.3) is 5.91 Å². The molecule has 5 heteroatoms. The van der Waals surface area contributed by atoms with E-state index in [1.165, 1.54) is 0 Å². The van der Waals surface area contributed by atoms with Gasteiger partial charge in [0.15, 0.2) is 0 Å². The Kier molecular flexibility index (Phi) is 6.09. The molecule has 1 saturated heterocycles. The summed E-state index contributed by atoms with van der Waals surface area (Å²) in [6.07, 6.45) is 1.55. The number of benzene rings is 3. The minimum Gasteiger partial charge on any atom is -0.348 e. The van der Waals surface area contributed by atoms with E-state index in [9.17, 15) is 14.9 Å². The number of carbonyl (C=O) groups is 2. The number of rotatable bonds is 6. The van der Waals surface area contributed by atoms with Gasteiger partial charge in [-0.1, -0.05) is 60.7 Å². The Hall–Kier alpha value is -3.91. The minimum atomic E-state index is -0.191. The maximum absolute atomic E-state index is 13.0. The second-order valence-electron chi connectivity index (χ2n) is 7.62. The van der Waals surface area contributed by atoms with Crippen molar-refractivity contribution < 1.29 is 9.59 Å². The molecular weight excluding hydrogens is 386 g/mol. The lowest BCUT2D eigenvalue weighted by molar-refractivity contribution is -0.128. The highest BCUT2D eigenvalue weighted by Gasteiger charge is 2.20. The van der Waals surface area contributed by atoms with Gasteiger partial charge in [-0.3, -0.25) is 9.59 Å². The topological polar surface area (TPSA) is 73.2 Å². The first kappa shape index (κ1) is 20.4. The predicted octanol–water partition coefficient (Wildman–Crippen LogP) is 4.28. The van der Waals surface area contributed by atoms with E-state index in [-0.39, 0.29) is 11.8 Å². The van der Waals surface area contributed by atoms with E-state index in [0.29, 0.717) is 30.6 Å². The second-order valence-corrected chi connectivity index (χ2v) is 7.62. The summed E-state index contributed by atoms with van der Waals surface area (Å²) in [4.78, 5) is 26.7. The summed E-state index contributed by atoms with van der Waals surface area (Å²) in [6.45, 7) is 1.80. The maximum Gasteiger partial charge on any atom is 0.252 e. The fraction of sp³-hybridized carbons (Fsp3) is 0.192. The van der Waals surface area contributed by atoms with Crippen molar-refractivity contribution in [1.29, 1.82) is 5.26 Å². The third-order valence-corrected chi connectivity index (χ3v) is 5.50. The van der Waals surface area contributed by atoms with E-state index in [1.807, 2.05) is 65.6 Å². The van der Waals surface area contributed by atoms with E-state index in [4.69, 9.17) is 0 Å². The van der Waals surface area contributed by atoms with E-state index >= 15 is 0 Å². The van der Waals surface area contributed by atoms with Crippen LogP contribution in [-0.2, 0) is 17.9 Å². The number of hydrogen-bond acceptors (Lipinski definition) is 3. The average Bonchev–Trinajstić information content (AvgIpc) is 3.22. The SMILES string of the molecule is N#Cc1ccccc1-c1ccccc1C(=O)NCc1cccc(CN2CCCC2=O)c1. The van der Waals surface area contributed by atoms with Crippen molar-refractivity contribution in [2.45, 2.75) is 25.9 Å². The van der Waals surface area contributed by atoms with Crippen LogP contribution in [0.3, 0.4) is 0 Å². The fourth-order valence-corrected chi connectivity index (χ4v) is 3.94. The Bertz CT molecular complexity index is 1160. The monoisotopic (exact) mass is 409 g/mol. The van der Waals surface area contributed by atoms with Crippen LogP contribution in [0.4, 0.5) is 0 Å².